The number of amides is 2. The van der Waals surface area contributed by atoms with E-state index < -0.39 is 11.8 Å². The van der Waals surface area contributed by atoms with Crippen LogP contribution in [-0.4, -0.2) is 24.7 Å². The van der Waals surface area contributed by atoms with Crippen LogP contribution in [0, 0.1) is 0 Å². The summed E-state index contributed by atoms with van der Waals surface area (Å²) in [7, 11) is 1.48. The number of anilines is 1. The maximum absolute atomic E-state index is 12.3. The molecular weight excluding hydrogens is 384 g/mol. The number of carbonyl (C=O) groups is 3. The number of hydrogen-bond donors (Lipinski definition) is 2. The van der Waals surface area contributed by atoms with E-state index in [-0.39, 0.29) is 12.3 Å². The lowest BCUT2D eigenvalue weighted by atomic mass is 10.3. The predicted molar refractivity (Wildman–Crippen MR) is 106 cm³/mol. The van der Waals surface area contributed by atoms with Gasteiger partial charge in [0.1, 0.15) is 5.75 Å². The third-order valence-electron chi connectivity index (χ3n) is 3.61. The summed E-state index contributed by atoms with van der Waals surface area (Å²) < 4.78 is 5.14. The number of thiophene rings is 2. The summed E-state index contributed by atoms with van der Waals surface area (Å²) in [5, 5.41) is 6.92. The highest BCUT2D eigenvalue weighted by Gasteiger charge is 2.17. The second kappa shape index (κ2) is 8.61. The first-order chi connectivity index (χ1) is 13.1. The average molecular weight is 400 g/mol. The van der Waals surface area contributed by atoms with Crippen LogP contribution in [0.15, 0.2) is 53.9 Å². The molecule has 8 heteroatoms. The normalized spacial score (nSPS) is 10.3. The molecule has 3 aromatic rings. The minimum Gasteiger partial charge on any atom is -0.495 e. The fourth-order valence-electron chi connectivity index (χ4n) is 2.30. The van der Waals surface area contributed by atoms with Crippen molar-refractivity contribution in [1.82, 2.24) is 5.32 Å². The summed E-state index contributed by atoms with van der Waals surface area (Å²) in [4.78, 5) is 38.4. The number of nitrogens with one attached hydrogen (secondary N) is 2. The molecule has 0 saturated carbocycles. The molecule has 0 bridgehead atoms. The number of ketones is 1. The Bertz CT molecular complexity index is 964. The van der Waals surface area contributed by atoms with E-state index in [4.69, 9.17) is 4.74 Å². The zero-order chi connectivity index (χ0) is 19.2. The van der Waals surface area contributed by atoms with Crippen LogP contribution in [-0.2, 0) is 16.1 Å². The first-order valence-corrected chi connectivity index (χ1v) is 9.67. The molecule has 0 radical (unpaired) electrons. The fraction of sp³-hybridized carbons (Fsp3) is 0.105. The SMILES string of the molecule is COc1ccccc1NC(=O)C(=O)NCc1ccc(C(=O)c2cccs2)s1. The molecule has 3 rings (SSSR count). The minimum absolute atomic E-state index is 0.0403. The van der Waals surface area contributed by atoms with Gasteiger partial charge in [-0.1, -0.05) is 18.2 Å². The Kier molecular flexibility index (Phi) is 6.00. The Morgan fingerprint density at radius 3 is 2.52 bits per heavy atom. The maximum Gasteiger partial charge on any atom is 0.313 e. The first-order valence-electron chi connectivity index (χ1n) is 7.97. The molecular formula is C19H16N2O4S2. The lowest BCUT2D eigenvalue weighted by molar-refractivity contribution is -0.136. The molecule has 0 aliphatic heterocycles. The van der Waals surface area contributed by atoms with Gasteiger partial charge in [-0.3, -0.25) is 14.4 Å². The van der Waals surface area contributed by atoms with Gasteiger partial charge in [-0.25, -0.2) is 0 Å². The molecule has 2 amide bonds. The second-order valence-corrected chi connectivity index (χ2v) is 7.53. The predicted octanol–water partition coefficient (Wildman–Crippen LogP) is 3.30. The number of carbonyl (C=O) groups excluding carboxylic acids is 3. The highest BCUT2D eigenvalue weighted by Crippen LogP contribution is 2.23. The van der Waals surface area contributed by atoms with E-state index in [0.717, 1.165) is 4.88 Å². The third-order valence-corrected chi connectivity index (χ3v) is 5.57. The van der Waals surface area contributed by atoms with Crippen molar-refractivity contribution in [1.29, 1.82) is 0 Å². The summed E-state index contributed by atoms with van der Waals surface area (Å²) in [5.41, 5.74) is 0.417. The highest BCUT2D eigenvalue weighted by atomic mass is 32.1. The van der Waals surface area contributed by atoms with E-state index in [1.807, 2.05) is 11.4 Å². The number of ether oxygens (including phenoxy) is 1. The molecule has 0 unspecified atom stereocenters. The topological polar surface area (TPSA) is 84.5 Å². The smallest absolute Gasteiger partial charge is 0.313 e. The molecule has 0 spiro atoms. The Hall–Kier alpha value is -2.97. The van der Waals surface area contributed by atoms with Crippen LogP contribution in [0.3, 0.4) is 0 Å². The molecule has 0 fully saturated rings. The standard InChI is InChI=1S/C19H16N2O4S2/c1-25-14-6-3-2-5-13(14)21-19(24)18(23)20-11-12-8-9-16(27-12)17(22)15-7-4-10-26-15/h2-10H,11H2,1H3,(H,20,23)(H,21,24). The molecule has 0 aliphatic rings. The van der Waals surface area contributed by atoms with Gasteiger partial charge in [0.2, 0.25) is 5.78 Å². The highest BCUT2D eigenvalue weighted by molar-refractivity contribution is 7.16. The minimum atomic E-state index is -0.786. The molecule has 2 N–H and O–H groups in total. The molecule has 0 atom stereocenters. The molecule has 1 aromatic carbocycles. The van der Waals surface area contributed by atoms with Crippen molar-refractivity contribution < 1.29 is 19.1 Å². The van der Waals surface area contributed by atoms with Gasteiger partial charge in [0.15, 0.2) is 0 Å². The Labute approximate surface area is 163 Å². The van der Waals surface area contributed by atoms with E-state index in [2.05, 4.69) is 10.6 Å². The lowest BCUT2D eigenvalue weighted by Crippen LogP contribution is -2.34. The summed E-state index contributed by atoms with van der Waals surface area (Å²) >= 11 is 2.68. The first kappa shape index (κ1) is 18.8. The van der Waals surface area contributed by atoms with Crippen molar-refractivity contribution >= 4 is 46.0 Å². The van der Waals surface area contributed by atoms with Gasteiger partial charge in [-0.05, 0) is 35.7 Å². The van der Waals surface area contributed by atoms with Crippen LogP contribution in [0.2, 0.25) is 0 Å². The van der Waals surface area contributed by atoms with Crippen LogP contribution >= 0.6 is 22.7 Å². The van der Waals surface area contributed by atoms with E-state index >= 15 is 0 Å². The van der Waals surface area contributed by atoms with Gasteiger partial charge in [-0.15, -0.1) is 22.7 Å². The third kappa shape index (κ3) is 4.60. The number of methoxy groups -OCH3 is 1. The summed E-state index contributed by atoms with van der Waals surface area (Å²) in [5.74, 6) is -1.12. The van der Waals surface area contributed by atoms with Gasteiger partial charge in [0.05, 0.1) is 29.1 Å². The van der Waals surface area contributed by atoms with E-state index in [0.29, 0.717) is 21.2 Å². The molecule has 6 nitrogen and oxygen atoms in total. The maximum atomic E-state index is 12.3. The van der Waals surface area contributed by atoms with E-state index in [9.17, 15) is 14.4 Å². The fourth-order valence-corrected chi connectivity index (χ4v) is 3.94. The number of hydrogen-bond acceptors (Lipinski definition) is 6. The number of para-hydroxylation sites is 2. The van der Waals surface area contributed by atoms with Crippen LogP contribution in [0.25, 0.3) is 0 Å². The zero-order valence-electron chi connectivity index (χ0n) is 14.4. The van der Waals surface area contributed by atoms with Crippen molar-refractivity contribution in [3.05, 3.63) is 68.5 Å². The van der Waals surface area contributed by atoms with Crippen molar-refractivity contribution in [2.75, 3.05) is 12.4 Å². The van der Waals surface area contributed by atoms with Gasteiger partial charge in [0.25, 0.3) is 0 Å². The van der Waals surface area contributed by atoms with Gasteiger partial charge in [-0.2, -0.15) is 0 Å². The molecule has 138 valence electrons. The van der Waals surface area contributed by atoms with Crippen LogP contribution in [0.4, 0.5) is 5.69 Å². The molecule has 2 aromatic heterocycles. The van der Waals surface area contributed by atoms with Gasteiger partial charge >= 0.3 is 11.8 Å². The average Bonchev–Trinajstić information content (AvgIpc) is 3.38. The molecule has 2 heterocycles. The number of benzene rings is 1. The van der Waals surface area contributed by atoms with Crippen molar-refractivity contribution in [2.45, 2.75) is 6.54 Å². The molecule has 0 aliphatic carbocycles. The Morgan fingerprint density at radius 2 is 1.78 bits per heavy atom. The summed E-state index contributed by atoms with van der Waals surface area (Å²) in [6.07, 6.45) is 0. The Balaban J connectivity index is 1.56. The largest absolute Gasteiger partial charge is 0.495 e. The second-order valence-electron chi connectivity index (χ2n) is 5.41. The Morgan fingerprint density at radius 1 is 0.963 bits per heavy atom. The van der Waals surface area contributed by atoms with Crippen molar-refractivity contribution in [3.63, 3.8) is 0 Å². The molecule has 0 saturated heterocycles. The van der Waals surface area contributed by atoms with E-state index in [1.165, 1.54) is 29.8 Å². The van der Waals surface area contributed by atoms with Crippen LogP contribution in [0.5, 0.6) is 5.75 Å². The van der Waals surface area contributed by atoms with Crippen molar-refractivity contribution in [2.24, 2.45) is 0 Å². The number of rotatable bonds is 6. The van der Waals surface area contributed by atoms with Crippen LogP contribution < -0.4 is 15.4 Å². The summed E-state index contributed by atoms with van der Waals surface area (Å²) in [6, 6.07) is 13.9. The van der Waals surface area contributed by atoms with Crippen LogP contribution in [0.1, 0.15) is 19.4 Å². The monoisotopic (exact) mass is 400 g/mol. The lowest BCUT2D eigenvalue weighted by Gasteiger charge is -2.09. The molecule has 27 heavy (non-hydrogen) atoms. The van der Waals surface area contributed by atoms with E-state index in [1.54, 1.807) is 42.5 Å². The van der Waals surface area contributed by atoms with Crippen molar-refractivity contribution in [3.8, 4) is 5.75 Å². The summed E-state index contributed by atoms with van der Waals surface area (Å²) in [6.45, 7) is 0.167. The van der Waals surface area contributed by atoms with Gasteiger partial charge in [0, 0.05) is 4.88 Å². The quantitative estimate of drug-likeness (QED) is 0.491. The van der Waals surface area contributed by atoms with Gasteiger partial charge < -0.3 is 15.4 Å². The zero-order valence-corrected chi connectivity index (χ0v) is 16.0.